The highest BCUT2D eigenvalue weighted by Crippen LogP contribution is 2.45. The maximum Gasteiger partial charge on any atom is 0.215 e. The van der Waals surface area contributed by atoms with Crippen LogP contribution in [-0.2, 0) is 10.0 Å². The molecular formula is C14H30N2O2S. The van der Waals surface area contributed by atoms with Crippen LogP contribution in [-0.4, -0.2) is 26.3 Å². The molecule has 1 atom stereocenters. The van der Waals surface area contributed by atoms with Gasteiger partial charge >= 0.3 is 0 Å². The number of nitrogens with two attached hydrogens (primary N) is 1. The third kappa shape index (κ3) is 4.72. The van der Waals surface area contributed by atoms with Crippen molar-refractivity contribution in [3.05, 3.63) is 0 Å². The lowest BCUT2D eigenvalue weighted by Crippen LogP contribution is -2.49. The molecule has 19 heavy (non-hydrogen) atoms. The summed E-state index contributed by atoms with van der Waals surface area (Å²) in [4.78, 5) is 0. The molecule has 0 bridgehead atoms. The summed E-state index contributed by atoms with van der Waals surface area (Å²) < 4.78 is 27.5. The lowest BCUT2D eigenvalue weighted by atomic mass is 9.64. The number of hydrogen-bond donors (Lipinski definition) is 2. The molecule has 0 aromatic heterocycles. The van der Waals surface area contributed by atoms with E-state index >= 15 is 0 Å². The van der Waals surface area contributed by atoms with Gasteiger partial charge in [-0.15, -0.1) is 0 Å². The quantitative estimate of drug-likeness (QED) is 0.815. The second kappa shape index (κ2) is 5.70. The molecule has 0 radical (unpaired) electrons. The first-order valence-electron chi connectivity index (χ1n) is 7.22. The molecule has 0 saturated heterocycles. The van der Waals surface area contributed by atoms with Gasteiger partial charge in [0.1, 0.15) is 0 Å². The Kier molecular flexibility index (Phi) is 5.08. The predicted molar refractivity (Wildman–Crippen MR) is 80.4 cm³/mol. The molecule has 0 aromatic rings. The fraction of sp³-hybridized carbons (Fsp3) is 1.00. The highest BCUT2D eigenvalue weighted by molar-refractivity contribution is 7.90. The first kappa shape index (κ1) is 16.9. The maximum atomic E-state index is 12.3. The summed E-state index contributed by atoms with van der Waals surface area (Å²) in [6.45, 7) is 10.9. The average Bonchev–Trinajstić information content (AvgIpc) is 2.11. The van der Waals surface area contributed by atoms with Gasteiger partial charge in [-0.1, -0.05) is 34.6 Å². The Morgan fingerprint density at radius 2 is 1.68 bits per heavy atom. The second-order valence-electron chi connectivity index (χ2n) is 7.54. The van der Waals surface area contributed by atoms with E-state index in [1.165, 1.54) is 0 Å². The largest absolute Gasteiger partial charge is 0.329 e. The van der Waals surface area contributed by atoms with Gasteiger partial charge in [0.2, 0.25) is 10.0 Å². The third-order valence-corrected chi connectivity index (χ3v) is 6.11. The molecule has 114 valence electrons. The van der Waals surface area contributed by atoms with Crippen LogP contribution in [0.2, 0.25) is 0 Å². The van der Waals surface area contributed by atoms with Crippen molar-refractivity contribution >= 4 is 10.0 Å². The van der Waals surface area contributed by atoms with Crippen LogP contribution in [0.3, 0.4) is 0 Å². The van der Waals surface area contributed by atoms with Gasteiger partial charge in [-0.25, -0.2) is 13.1 Å². The molecule has 1 aliphatic carbocycles. The normalized spacial score (nSPS) is 25.2. The molecule has 0 aliphatic heterocycles. The number of sulfonamides is 1. The lowest BCUT2D eigenvalue weighted by Gasteiger charge is -2.45. The van der Waals surface area contributed by atoms with Crippen LogP contribution in [0.15, 0.2) is 0 Å². The maximum absolute atomic E-state index is 12.3. The van der Waals surface area contributed by atoms with Crippen molar-refractivity contribution in [1.29, 1.82) is 0 Å². The van der Waals surface area contributed by atoms with E-state index in [1.807, 2.05) is 6.92 Å². The summed E-state index contributed by atoms with van der Waals surface area (Å²) >= 11 is 0. The minimum absolute atomic E-state index is 0.0318. The Hall–Kier alpha value is -0.130. The summed E-state index contributed by atoms with van der Waals surface area (Å²) in [6.07, 6.45) is 3.49. The van der Waals surface area contributed by atoms with E-state index in [1.54, 1.807) is 0 Å². The Morgan fingerprint density at radius 3 is 2.05 bits per heavy atom. The number of nitrogens with one attached hydrogen (secondary N) is 1. The molecule has 0 spiro atoms. The molecule has 1 aliphatic rings. The summed E-state index contributed by atoms with van der Waals surface area (Å²) in [6, 6.07) is 0.0318. The molecule has 1 saturated carbocycles. The van der Waals surface area contributed by atoms with Crippen LogP contribution in [0, 0.1) is 10.8 Å². The van der Waals surface area contributed by atoms with Crippen LogP contribution in [0.4, 0.5) is 0 Å². The molecular weight excluding hydrogens is 260 g/mol. The molecule has 1 unspecified atom stereocenters. The van der Waals surface area contributed by atoms with Gasteiger partial charge in [0, 0.05) is 12.6 Å². The molecule has 0 aromatic carbocycles. The van der Waals surface area contributed by atoms with Gasteiger partial charge < -0.3 is 5.73 Å². The van der Waals surface area contributed by atoms with Gasteiger partial charge in [0.15, 0.2) is 0 Å². The Morgan fingerprint density at radius 1 is 1.21 bits per heavy atom. The zero-order valence-electron chi connectivity index (χ0n) is 13.0. The first-order valence-corrected chi connectivity index (χ1v) is 8.77. The van der Waals surface area contributed by atoms with Crippen molar-refractivity contribution in [2.24, 2.45) is 16.6 Å². The minimum atomic E-state index is -3.30. The third-order valence-electron chi connectivity index (χ3n) is 4.04. The first-order chi connectivity index (χ1) is 8.51. The molecule has 0 amide bonds. The van der Waals surface area contributed by atoms with Crippen molar-refractivity contribution < 1.29 is 8.42 Å². The van der Waals surface area contributed by atoms with Crippen LogP contribution >= 0.6 is 0 Å². The van der Waals surface area contributed by atoms with Crippen LogP contribution in [0.1, 0.15) is 60.3 Å². The SMILES string of the molecule is CCC(CN)S(=O)(=O)NC1CC(C)(C)CC(C)(C)C1. The van der Waals surface area contributed by atoms with Crippen molar-refractivity contribution in [3.8, 4) is 0 Å². The van der Waals surface area contributed by atoms with Gasteiger partial charge in [0.25, 0.3) is 0 Å². The molecule has 5 heteroatoms. The van der Waals surface area contributed by atoms with Crippen LogP contribution in [0.25, 0.3) is 0 Å². The fourth-order valence-electron chi connectivity index (χ4n) is 3.77. The van der Waals surface area contributed by atoms with E-state index < -0.39 is 15.3 Å². The average molecular weight is 290 g/mol. The van der Waals surface area contributed by atoms with Crippen LogP contribution in [0.5, 0.6) is 0 Å². The van der Waals surface area contributed by atoms with E-state index in [0.717, 1.165) is 19.3 Å². The second-order valence-corrected chi connectivity index (χ2v) is 9.53. The number of hydrogen-bond acceptors (Lipinski definition) is 3. The van der Waals surface area contributed by atoms with Gasteiger partial charge in [0.05, 0.1) is 5.25 Å². The monoisotopic (exact) mass is 290 g/mol. The highest BCUT2D eigenvalue weighted by Gasteiger charge is 2.40. The lowest BCUT2D eigenvalue weighted by molar-refractivity contribution is 0.0933. The van der Waals surface area contributed by atoms with Crippen molar-refractivity contribution in [2.45, 2.75) is 71.6 Å². The zero-order valence-corrected chi connectivity index (χ0v) is 13.8. The highest BCUT2D eigenvalue weighted by atomic mass is 32.2. The molecule has 3 N–H and O–H groups in total. The molecule has 1 rings (SSSR count). The van der Waals surface area contributed by atoms with E-state index in [9.17, 15) is 8.42 Å². The number of rotatable bonds is 5. The summed E-state index contributed by atoms with van der Waals surface area (Å²) in [5, 5.41) is -0.472. The Bertz CT molecular complexity index is 382. The van der Waals surface area contributed by atoms with E-state index in [4.69, 9.17) is 5.73 Å². The fourth-order valence-corrected chi connectivity index (χ4v) is 5.29. The van der Waals surface area contributed by atoms with Crippen LogP contribution < -0.4 is 10.5 Å². The molecule has 1 fully saturated rings. The smallest absolute Gasteiger partial charge is 0.215 e. The summed E-state index contributed by atoms with van der Waals surface area (Å²) in [7, 11) is -3.30. The van der Waals surface area contributed by atoms with Gasteiger partial charge in [-0.3, -0.25) is 0 Å². The van der Waals surface area contributed by atoms with E-state index in [-0.39, 0.29) is 23.4 Å². The predicted octanol–water partition coefficient (Wildman–Crippen LogP) is 2.25. The molecule has 0 heterocycles. The van der Waals surface area contributed by atoms with Crippen molar-refractivity contribution in [3.63, 3.8) is 0 Å². The zero-order chi connectivity index (χ0) is 14.9. The standard InChI is InChI=1S/C14H30N2O2S/c1-6-12(9-15)19(17,18)16-11-7-13(2,3)10-14(4,5)8-11/h11-12,16H,6-10,15H2,1-5H3. The van der Waals surface area contributed by atoms with E-state index in [0.29, 0.717) is 6.42 Å². The summed E-state index contributed by atoms with van der Waals surface area (Å²) in [5.41, 5.74) is 5.92. The Labute approximate surface area is 118 Å². The topological polar surface area (TPSA) is 72.2 Å². The van der Waals surface area contributed by atoms with Gasteiger partial charge in [-0.05, 0) is 36.5 Å². The minimum Gasteiger partial charge on any atom is -0.329 e. The molecule has 4 nitrogen and oxygen atoms in total. The van der Waals surface area contributed by atoms with E-state index in [2.05, 4.69) is 32.4 Å². The van der Waals surface area contributed by atoms with Crippen molar-refractivity contribution in [2.75, 3.05) is 6.54 Å². The Balaban J connectivity index is 2.82. The summed E-state index contributed by atoms with van der Waals surface area (Å²) in [5.74, 6) is 0. The van der Waals surface area contributed by atoms with Gasteiger partial charge in [-0.2, -0.15) is 0 Å². The van der Waals surface area contributed by atoms with Crippen molar-refractivity contribution in [1.82, 2.24) is 4.72 Å².